The fourth-order valence-electron chi connectivity index (χ4n) is 1.79. The summed E-state index contributed by atoms with van der Waals surface area (Å²) in [7, 11) is 0. The molecule has 1 unspecified atom stereocenters. The van der Waals surface area contributed by atoms with Crippen molar-refractivity contribution in [1.29, 1.82) is 0 Å². The van der Waals surface area contributed by atoms with Crippen molar-refractivity contribution >= 4 is 24.1 Å². The highest BCUT2D eigenvalue weighted by molar-refractivity contribution is 5.85. The van der Waals surface area contributed by atoms with Crippen LogP contribution in [0.1, 0.15) is 11.1 Å². The van der Waals surface area contributed by atoms with Crippen molar-refractivity contribution in [2.75, 3.05) is 0 Å². The summed E-state index contributed by atoms with van der Waals surface area (Å²) in [6, 6.07) is 3.92. The maximum Gasteiger partial charge on any atom is 0.321 e. The van der Waals surface area contributed by atoms with Crippen LogP contribution >= 0.6 is 12.4 Å². The van der Waals surface area contributed by atoms with Crippen LogP contribution in [0.3, 0.4) is 0 Å². The molecular weight excluding hydrogens is 248 g/mol. The first-order valence-corrected chi connectivity index (χ1v) is 4.80. The van der Waals surface area contributed by atoms with E-state index in [4.69, 9.17) is 5.11 Å². The number of hydrogen-bond acceptors (Lipinski definition) is 4. The van der Waals surface area contributed by atoms with Gasteiger partial charge in [0, 0.05) is 18.7 Å². The van der Waals surface area contributed by atoms with Crippen LogP contribution in [-0.4, -0.2) is 22.0 Å². The Morgan fingerprint density at radius 1 is 1.47 bits per heavy atom. The predicted octanol–water partition coefficient (Wildman–Crippen LogP) is 1.12. The van der Waals surface area contributed by atoms with Gasteiger partial charge < -0.3 is 10.4 Å². The monoisotopic (exact) mass is 258 g/mol. The molecule has 0 saturated carbocycles. The van der Waals surface area contributed by atoms with Gasteiger partial charge in [-0.3, -0.25) is 14.9 Å². The number of fused-ring (bicyclic) bond motifs is 1. The van der Waals surface area contributed by atoms with Crippen LogP contribution in [0.5, 0.6) is 0 Å². The first-order valence-electron chi connectivity index (χ1n) is 4.80. The Morgan fingerprint density at radius 2 is 2.18 bits per heavy atom. The Labute approximate surface area is 103 Å². The van der Waals surface area contributed by atoms with Gasteiger partial charge in [-0.25, -0.2) is 0 Å². The molecule has 0 fully saturated rings. The summed E-state index contributed by atoms with van der Waals surface area (Å²) >= 11 is 0. The average Bonchev–Trinajstić information content (AvgIpc) is 2.27. The fourth-order valence-corrected chi connectivity index (χ4v) is 1.79. The third-order valence-corrected chi connectivity index (χ3v) is 2.66. The number of carboxylic acid groups (broad SMARTS) is 1. The topological polar surface area (TPSA) is 92.5 Å². The van der Waals surface area contributed by atoms with E-state index >= 15 is 0 Å². The number of hydrogen-bond donors (Lipinski definition) is 2. The van der Waals surface area contributed by atoms with Crippen LogP contribution in [0.4, 0.5) is 5.69 Å². The third kappa shape index (κ3) is 2.72. The maximum absolute atomic E-state index is 10.8. The molecule has 17 heavy (non-hydrogen) atoms. The van der Waals surface area contributed by atoms with Gasteiger partial charge in [0.15, 0.2) is 0 Å². The van der Waals surface area contributed by atoms with Gasteiger partial charge in [-0.1, -0.05) is 6.07 Å². The number of halogens is 1. The second-order valence-electron chi connectivity index (χ2n) is 3.69. The van der Waals surface area contributed by atoms with Crippen molar-refractivity contribution in [3.8, 4) is 0 Å². The van der Waals surface area contributed by atoms with Crippen LogP contribution in [0.2, 0.25) is 0 Å². The number of aliphatic carboxylic acids is 1. The number of nitrogens with one attached hydrogen (secondary N) is 1. The molecule has 1 atom stereocenters. The Balaban J connectivity index is 0.00000144. The second kappa shape index (κ2) is 5.11. The van der Waals surface area contributed by atoms with Gasteiger partial charge in [-0.2, -0.15) is 0 Å². The number of non-ortho nitro benzene ring substituents is 1. The molecule has 1 aromatic rings. The van der Waals surface area contributed by atoms with E-state index in [1.165, 1.54) is 12.1 Å². The number of rotatable bonds is 2. The van der Waals surface area contributed by atoms with Crippen molar-refractivity contribution in [3.63, 3.8) is 0 Å². The SMILES string of the molecule is Cl.O=C(O)C1Cc2ccc([N+](=O)[O-])cc2CN1. The molecule has 0 saturated heterocycles. The zero-order valence-corrected chi connectivity index (χ0v) is 9.57. The lowest BCUT2D eigenvalue weighted by Gasteiger charge is -2.22. The molecule has 0 radical (unpaired) electrons. The van der Waals surface area contributed by atoms with Gasteiger partial charge in [0.1, 0.15) is 6.04 Å². The Bertz CT molecular complexity index is 464. The molecule has 7 heteroatoms. The lowest BCUT2D eigenvalue weighted by atomic mass is 9.95. The van der Waals surface area contributed by atoms with Gasteiger partial charge in [0.2, 0.25) is 0 Å². The smallest absolute Gasteiger partial charge is 0.321 e. The van der Waals surface area contributed by atoms with Crippen LogP contribution in [0.15, 0.2) is 18.2 Å². The summed E-state index contributed by atoms with van der Waals surface area (Å²) in [4.78, 5) is 20.9. The summed E-state index contributed by atoms with van der Waals surface area (Å²) in [6.45, 7) is 0.355. The zero-order valence-electron chi connectivity index (χ0n) is 8.75. The average molecular weight is 259 g/mol. The van der Waals surface area contributed by atoms with Crippen molar-refractivity contribution in [2.45, 2.75) is 19.0 Å². The van der Waals surface area contributed by atoms with Crippen LogP contribution in [0, 0.1) is 10.1 Å². The first kappa shape index (κ1) is 13.4. The van der Waals surface area contributed by atoms with Crippen molar-refractivity contribution in [2.24, 2.45) is 0 Å². The number of carboxylic acids is 1. The number of nitro groups is 1. The van der Waals surface area contributed by atoms with E-state index in [2.05, 4.69) is 5.32 Å². The standard InChI is InChI=1S/C10H10N2O4.ClH/c13-10(14)9-4-6-1-2-8(12(15)16)3-7(6)5-11-9;/h1-3,9,11H,4-5H2,(H,13,14);1H. The normalized spacial score (nSPS) is 17.8. The molecule has 6 nitrogen and oxygen atoms in total. The number of benzene rings is 1. The molecule has 2 N–H and O–H groups in total. The Kier molecular flexibility index (Phi) is 4.03. The number of carbonyl (C=O) groups is 1. The lowest BCUT2D eigenvalue weighted by Crippen LogP contribution is -2.41. The minimum atomic E-state index is -0.899. The predicted molar refractivity (Wildman–Crippen MR) is 62.3 cm³/mol. The summed E-state index contributed by atoms with van der Waals surface area (Å²) in [5, 5.41) is 22.2. The quantitative estimate of drug-likeness (QED) is 0.612. The van der Waals surface area contributed by atoms with E-state index in [9.17, 15) is 14.9 Å². The van der Waals surface area contributed by atoms with Gasteiger partial charge in [-0.15, -0.1) is 12.4 Å². The van der Waals surface area contributed by atoms with E-state index < -0.39 is 16.9 Å². The summed E-state index contributed by atoms with van der Waals surface area (Å²) in [5.41, 5.74) is 1.69. The minimum Gasteiger partial charge on any atom is -0.480 e. The van der Waals surface area contributed by atoms with E-state index in [-0.39, 0.29) is 18.1 Å². The molecule has 1 heterocycles. The summed E-state index contributed by atoms with van der Waals surface area (Å²) < 4.78 is 0. The van der Waals surface area contributed by atoms with Gasteiger partial charge in [0.25, 0.3) is 5.69 Å². The molecule has 92 valence electrons. The highest BCUT2D eigenvalue weighted by Gasteiger charge is 2.24. The van der Waals surface area contributed by atoms with Gasteiger partial charge >= 0.3 is 5.97 Å². The van der Waals surface area contributed by atoms with Gasteiger partial charge in [-0.05, 0) is 17.5 Å². The summed E-state index contributed by atoms with van der Waals surface area (Å²) in [6.07, 6.45) is 0.364. The zero-order chi connectivity index (χ0) is 11.7. The highest BCUT2D eigenvalue weighted by atomic mass is 35.5. The van der Waals surface area contributed by atoms with E-state index in [1.54, 1.807) is 6.07 Å². The lowest BCUT2D eigenvalue weighted by molar-refractivity contribution is -0.384. The summed E-state index contributed by atoms with van der Waals surface area (Å²) in [5.74, 6) is -0.899. The number of nitro benzene ring substituents is 1. The Morgan fingerprint density at radius 3 is 2.76 bits per heavy atom. The van der Waals surface area contributed by atoms with Crippen molar-refractivity contribution < 1.29 is 14.8 Å². The molecule has 0 aromatic heterocycles. The fraction of sp³-hybridized carbons (Fsp3) is 0.300. The van der Waals surface area contributed by atoms with Crippen molar-refractivity contribution in [3.05, 3.63) is 39.4 Å². The Hall–Kier alpha value is -1.66. The largest absolute Gasteiger partial charge is 0.480 e. The molecule has 1 aliphatic heterocycles. The molecule has 0 amide bonds. The molecule has 0 bridgehead atoms. The van der Waals surface area contributed by atoms with E-state index in [1.807, 2.05) is 0 Å². The van der Waals surface area contributed by atoms with Crippen LogP contribution < -0.4 is 5.32 Å². The number of nitrogens with zero attached hydrogens (tertiary/aromatic N) is 1. The van der Waals surface area contributed by atoms with E-state index in [0.29, 0.717) is 13.0 Å². The van der Waals surface area contributed by atoms with Crippen LogP contribution in [-0.2, 0) is 17.8 Å². The minimum absolute atomic E-state index is 0. The molecule has 1 aliphatic rings. The maximum atomic E-state index is 10.8. The second-order valence-corrected chi connectivity index (χ2v) is 3.69. The molecule has 0 aliphatic carbocycles. The van der Waals surface area contributed by atoms with E-state index in [0.717, 1.165) is 11.1 Å². The molecule has 1 aromatic carbocycles. The molecule has 2 rings (SSSR count). The van der Waals surface area contributed by atoms with Gasteiger partial charge in [0.05, 0.1) is 4.92 Å². The first-order chi connectivity index (χ1) is 7.58. The molecule has 0 spiro atoms. The third-order valence-electron chi connectivity index (χ3n) is 2.66. The highest BCUT2D eigenvalue weighted by Crippen LogP contribution is 2.22. The van der Waals surface area contributed by atoms with Crippen molar-refractivity contribution in [1.82, 2.24) is 5.32 Å². The van der Waals surface area contributed by atoms with Crippen LogP contribution in [0.25, 0.3) is 0 Å². The molecular formula is C10H11ClN2O4.